The molecular weight excluding hydrogens is 318 g/mol. The van der Waals surface area contributed by atoms with Gasteiger partial charge in [-0.05, 0) is 33.4 Å². The summed E-state index contributed by atoms with van der Waals surface area (Å²) in [5.41, 5.74) is 0.676. The average Bonchev–Trinajstić information content (AvgIpc) is 2.52. The largest absolute Gasteiger partial charge is 0.496 e. The van der Waals surface area contributed by atoms with Crippen molar-refractivity contribution in [3.63, 3.8) is 0 Å². The summed E-state index contributed by atoms with van der Waals surface area (Å²) < 4.78 is 5.33. The summed E-state index contributed by atoms with van der Waals surface area (Å²) in [5.74, 6) is 0.657. The summed E-state index contributed by atoms with van der Waals surface area (Å²) in [6.45, 7) is 9.27. The highest BCUT2D eigenvalue weighted by molar-refractivity contribution is 5.81. The van der Waals surface area contributed by atoms with Gasteiger partial charge in [0.05, 0.1) is 20.2 Å². The summed E-state index contributed by atoms with van der Waals surface area (Å²) >= 11 is 0. The first-order valence-corrected chi connectivity index (χ1v) is 8.55. The number of nitrogens with one attached hydrogen (secondary N) is 1. The lowest BCUT2D eigenvalue weighted by atomic mass is 10.1. The maximum Gasteiger partial charge on any atom is 0.236 e. The van der Waals surface area contributed by atoms with Crippen LogP contribution in [0.4, 0.5) is 0 Å². The average molecular weight is 349 g/mol. The predicted octanol–water partition coefficient (Wildman–Crippen LogP) is 1.89. The summed E-state index contributed by atoms with van der Waals surface area (Å²) in [7, 11) is 3.38. The fourth-order valence-corrected chi connectivity index (χ4v) is 2.43. The molecule has 0 unspecified atom stereocenters. The van der Waals surface area contributed by atoms with Crippen molar-refractivity contribution >= 4 is 11.8 Å². The van der Waals surface area contributed by atoms with Crippen LogP contribution in [0.1, 0.15) is 33.3 Å². The Morgan fingerprint density at radius 1 is 1.16 bits per heavy atom. The Bertz CT molecular complexity index is 582. The van der Waals surface area contributed by atoms with Crippen molar-refractivity contribution in [2.45, 2.75) is 39.8 Å². The highest BCUT2D eigenvalue weighted by atomic mass is 16.5. The molecule has 0 aliphatic rings. The Labute approximate surface area is 151 Å². The minimum Gasteiger partial charge on any atom is -0.496 e. The fourth-order valence-electron chi connectivity index (χ4n) is 2.43. The molecule has 1 rings (SSSR count). The molecule has 0 aliphatic heterocycles. The van der Waals surface area contributed by atoms with Crippen LogP contribution in [0.25, 0.3) is 0 Å². The normalized spacial score (nSPS) is 11.3. The third-order valence-electron chi connectivity index (χ3n) is 3.71. The molecule has 6 nitrogen and oxygen atoms in total. The number of carbonyl (C=O) groups is 2. The van der Waals surface area contributed by atoms with Crippen LogP contribution < -0.4 is 10.1 Å². The quantitative estimate of drug-likeness (QED) is 0.778. The van der Waals surface area contributed by atoms with E-state index in [1.807, 2.05) is 56.9 Å². The number of amides is 2. The Hall–Kier alpha value is -2.08. The zero-order chi connectivity index (χ0) is 19.0. The highest BCUT2D eigenvalue weighted by Crippen LogP contribution is 2.18. The molecule has 0 saturated heterocycles. The van der Waals surface area contributed by atoms with Gasteiger partial charge in [0.1, 0.15) is 5.75 Å². The van der Waals surface area contributed by atoms with Gasteiger partial charge in [-0.3, -0.25) is 14.5 Å². The summed E-state index contributed by atoms with van der Waals surface area (Å²) in [6.07, 6.45) is 0. The fraction of sp³-hybridized carbons (Fsp3) is 0.579. The zero-order valence-corrected chi connectivity index (χ0v) is 16.3. The number of rotatable bonds is 8. The summed E-state index contributed by atoms with van der Waals surface area (Å²) in [6, 6.07) is 7.64. The van der Waals surface area contributed by atoms with E-state index in [0.29, 0.717) is 13.1 Å². The van der Waals surface area contributed by atoms with E-state index in [1.54, 1.807) is 19.1 Å². The van der Waals surface area contributed by atoms with Crippen LogP contribution in [0.3, 0.4) is 0 Å². The van der Waals surface area contributed by atoms with Crippen molar-refractivity contribution in [2.24, 2.45) is 0 Å². The number of nitrogens with zero attached hydrogens (tertiary/aromatic N) is 2. The second kappa shape index (κ2) is 9.42. The molecule has 0 heterocycles. The van der Waals surface area contributed by atoms with Crippen molar-refractivity contribution in [2.75, 3.05) is 33.8 Å². The first-order chi connectivity index (χ1) is 11.7. The molecular formula is C19H31N3O3. The van der Waals surface area contributed by atoms with Crippen molar-refractivity contribution in [3.05, 3.63) is 29.8 Å². The van der Waals surface area contributed by atoms with Crippen LogP contribution in [0.2, 0.25) is 0 Å². The molecule has 0 spiro atoms. The lowest BCUT2D eigenvalue weighted by Crippen LogP contribution is -2.48. The van der Waals surface area contributed by atoms with Crippen LogP contribution >= 0.6 is 0 Å². The zero-order valence-electron chi connectivity index (χ0n) is 16.3. The van der Waals surface area contributed by atoms with E-state index in [0.717, 1.165) is 11.3 Å². The van der Waals surface area contributed by atoms with Gasteiger partial charge in [-0.2, -0.15) is 0 Å². The van der Waals surface area contributed by atoms with Gasteiger partial charge in [-0.1, -0.05) is 25.1 Å². The first-order valence-electron chi connectivity index (χ1n) is 8.55. The highest BCUT2D eigenvalue weighted by Gasteiger charge is 2.19. The molecule has 1 N–H and O–H groups in total. The number of hydrogen-bond acceptors (Lipinski definition) is 4. The van der Waals surface area contributed by atoms with Crippen molar-refractivity contribution in [3.8, 4) is 5.75 Å². The smallest absolute Gasteiger partial charge is 0.236 e. The molecule has 0 bridgehead atoms. The summed E-state index contributed by atoms with van der Waals surface area (Å²) in [4.78, 5) is 28.0. The van der Waals surface area contributed by atoms with Crippen molar-refractivity contribution in [1.29, 1.82) is 0 Å². The number of likely N-dealkylation sites (N-methyl/N-ethyl adjacent to an activating group) is 2. The number of ether oxygens (including phenoxy) is 1. The van der Waals surface area contributed by atoms with E-state index in [9.17, 15) is 9.59 Å². The SMILES string of the molecule is CCN(CC(=O)NC(C)(C)C)CC(=O)N(C)Cc1ccccc1OC. The molecule has 0 aliphatic carbocycles. The standard InChI is InChI=1S/C19H31N3O3/c1-7-22(13-17(23)20-19(2,3)4)14-18(24)21(5)12-15-10-8-9-11-16(15)25-6/h8-11H,7,12-14H2,1-6H3,(H,20,23). The van der Waals surface area contributed by atoms with E-state index in [1.165, 1.54) is 0 Å². The van der Waals surface area contributed by atoms with Crippen LogP contribution in [0.5, 0.6) is 5.75 Å². The van der Waals surface area contributed by atoms with Gasteiger partial charge in [0.15, 0.2) is 0 Å². The number of methoxy groups -OCH3 is 1. The minimum absolute atomic E-state index is 0.0312. The van der Waals surface area contributed by atoms with Gasteiger partial charge >= 0.3 is 0 Å². The molecule has 1 aromatic rings. The van der Waals surface area contributed by atoms with Gasteiger partial charge in [-0.25, -0.2) is 0 Å². The van der Waals surface area contributed by atoms with Crippen molar-refractivity contribution in [1.82, 2.24) is 15.1 Å². The molecule has 1 aromatic carbocycles. The molecule has 0 atom stereocenters. The predicted molar refractivity (Wildman–Crippen MR) is 99.5 cm³/mol. The Kier molecular flexibility index (Phi) is 7.90. The van der Waals surface area contributed by atoms with E-state index in [-0.39, 0.29) is 30.4 Å². The van der Waals surface area contributed by atoms with Gasteiger partial charge < -0.3 is 15.0 Å². The molecule has 25 heavy (non-hydrogen) atoms. The third-order valence-corrected chi connectivity index (χ3v) is 3.71. The summed E-state index contributed by atoms with van der Waals surface area (Å²) in [5, 5.41) is 2.92. The van der Waals surface area contributed by atoms with E-state index < -0.39 is 0 Å². The van der Waals surface area contributed by atoms with Gasteiger partial charge in [0.2, 0.25) is 11.8 Å². The number of hydrogen-bond donors (Lipinski definition) is 1. The van der Waals surface area contributed by atoms with Gasteiger partial charge in [0, 0.05) is 24.7 Å². The van der Waals surface area contributed by atoms with E-state index in [4.69, 9.17) is 4.74 Å². The van der Waals surface area contributed by atoms with E-state index in [2.05, 4.69) is 5.32 Å². The molecule has 0 radical (unpaired) electrons. The number of benzene rings is 1. The van der Waals surface area contributed by atoms with Crippen LogP contribution in [-0.4, -0.2) is 60.9 Å². The first kappa shape index (κ1) is 21.0. The molecule has 140 valence electrons. The van der Waals surface area contributed by atoms with Crippen LogP contribution in [-0.2, 0) is 16.1 Å². The molecule has 6 heteroatoms. The Morgan fingerprint density at radius 2 is 1.80 bits per heavy atom. The van der Waals surface area contributed by atoms with Crippen molar-refractivity contribution < 1.29 is 14.3 Å². The lowest BCUT2D eigenvalue weighted by Gasteiger charge is -2.26. The van der Waals surface area contributed by atoms with Gasteiger partial charge in [-0.15, -0.1) is 0 Å². The van der Waals surface area contributed by atoms with Crippen LogP contribution in [0, 0.1) is 0 Å². The molecule has 2 amide bonds. The Morgan fingerprint density at radius 3 is 2.36 bits per heavy atom. The van der Waals surface area contributed by atoms with Crippen LogP contribution in [0.15, 0.2) is 24.3 Å². The second-order valence-corrected chi connectivity index (χ2v) is 7.16. The molecule has 0 fully saturated rings. The number of carbonyl (C=O) groups excluding carboxylic acids is 2. The maximum absolute atomic E-state index is 12.5. The maximum atomic E-state index is 12.5. The second-order valence-electron chi connectivity index (χ2n) is 7.16. The lowest BCUT2D eigenvalue weighted by molar-refractivity contribution is -0.132. The topological polar surface area (TPSA) is 61.9 Å². The van der Waals surface area contributed by atoms with Gasteiger partial charge in [0.25, 0.3) is 0 Å². The third kappa shape index (κ3) is 7.56. The number of para-hydroxylation sites is 1. The minimum atomic E-state index is -0.277. The Balaban J connectivity index is 2.61. The molecule has 0 aromatic heterocycles. The monoisotopic (exact) mass is 349 g/mol. The molecule has 0 saturated carbocycles. The van der Waals surface area contributed by atoms with E-state index >= 15 is 0 Å².